The minimum absolute atomic E-state index is 0.281. The second kappa shape index (κ2) is 9.59. The minimum Gasteiger partial charge on any atom is -0.494 e. The Morgan fingerprint density at radius 3 is 2.46 bits per heavy atom. The maximum absolute atomic E-state index is 12.8. The van der Waals surface area contributed by atoms with Crippen molar-refractivity contribution in [1.82, 2.24) is 15.5 Å². The SMILES string of the molecule is CCOC(=O)C1=C(CN2CCCCC2)NC(=O)NC1c1ccc(OCC)cc1. The number of carbonyl (C=O) groups is 2. The highest BCUT2D eigenvalue weighted by Crippen LogP contribution is 2.29. The Bertz CT molecular complexity index is 724. The van der Waals surface area contributed by atoms with Gasteiger partial charge in [0.25, 0.3) is 0 Å². The number of urea groups is 1. The molecule has 1 aromatic carbocycles. The summed E-state index contributed by atoms with van der Waals surface area (Å²) < 4.78 is 10.8. The molecule has 2 aliphatic rings. The molecule has 1 atom stereocenters. The second-order valence-electron chi connectivity index (χ2n) is 6.98. The van der Waals surface area contributed by atoms with Crippen LogP contribution in [0.15, 0.2) is 35.5 Å². The van der Waals surface area contributed by atoms with Gasteiger partial charge in [0.2, 0.25) is 0 Å². The number of piperidine rings is 1. The number of hydrogen-bond acceptors (Lipinski definition) is 5. The molecule has 0 aromatic heterocycles. The molecule has 1 unspecified atom stereocenters. The third kappa shape index (κ3) is 4.84. The molecule has 2 N–H and O–H groups in total. The summed E-state index contributed by atoms with van der Waals surface area (Å²) in [5.41, 5.74) is 1.91. The van der Waals surface area contributed by atoms with E-state index in [-0.39, 0.29) is 12.6 Å². The molecule has 2 amide bonds. The quantitative estimate of drug-likeness (QED) is 0.704. The summed E-state index contributed by atoms with van der Waals surface area (Å²) in [5.74, 6) is 0.350. The topological polar surface area (TPSA) is 79.9 Å². The van der Waals surface area contributed by atoms with Gasteiger partial charge >= 0.3 is 12.0 Å². The molecular weight excluding hydrogens is 358 g/mol. The first kappa shape index (κ1) is 20.2. The predicted octanol–water partition coefficient (Wildman–Crippen LogP) is 2.74. The summed E-state index contributed by atoms with van der Waals surface area (Å²) in [7, 11) is 0. The molecule has 1 aromatic rings. The largest absolute Gasteiger partial charge is 0.494 e. The van der Waals surface area contributed by atoms with Crippen LogP contribution in [0, 0.1) is 0 Å². The lowest BCUT2D eigenvalue weighted by molar-refractivity contribution is -0.139. The molecule has 0 aliphatic carbocycles. The van der Waals surface area contributed by atoms with Crippen molar-refractivity contribution in [3.05, 3.63) is 41.1 Å². The van der Waals surface area contributed by atoms with E-state index in [9.17, 15) is 9.59 Å². The van der Waals surface area contributed by atoms with Gasteiger partial charge in [0.15, 0.2) is 0 Å². The van der Waals surface area contributed by atoms with Gasteiger partial charge in [-0.1, -0.05) is 18.6 Å². The van der Waals surface area contributed by atoms with Crippen LogP contribution in [0.1, 0.15) is 44.7 Å². The van der Waals surface area contributed by atoms with Crippen LogP contribution in [0.5, 0.6) is 5.75 Å². The standard InChI is InChI=1S/C21H29N3O4/c1-3-27-16-10-8-15(9-11-16)19-18(20(25)28-4-2)17(22-21(26)23-19)14-24-12-6-5-7-13-24/h8-11,19H,3-7,12-14H2,1-2H3,(H2,22,23,26). The highest BCUT2D eigenvalue weighted by atomic mass is 16.5. The van der Waals surface area contributed by atoms with E-state index in [0.717, 1.165) is 37.2 Å². The average molecular weight is 387 g/mol. The Morgan fingerprint density at radius 2 is 1.82 bits per heavy atom. The van der Waals surface area contributed by atoms with Crippen LogP contribution in [-0.2, 0) is 9.53 Å². The first-order valence-corrected chi connectivity index (χ1v) is 10.0. The van der Waals surface area contributed by atoms with E-state index in [4.69, 9.17) is 9.47 Å². The van der Waals surface area contributed by atoms with Gasteiger partial charge in [-0.2, -0.15) is 0 Å². The summed E-state index contributed by atoms with van der Waals surface area (Å²) in [6, 6.07) is 6.58. The fourth-order valence-electron chi connectivity index (χ4n) is 3.71. The third-order valence-electron chi connectivity index (χ3n) is 5.00. The molecule has 0 bridgehead atoms. The maximum atomic E-state index is 12.8. The zero-order chi connectivity index (χ0) is 19.9. The average Bonchev–Trinajstić information content (AvgIpc) is 2.69. The van der Waals surface area contributed by atoms with Crippen molar-refractivity contribution in [2.75, 3.05) is 32.8 Å². The normalized spacial score (nSPS) is 20.4. The summed E-state index contributed by atoms with van der Waals surface area (Å²) >= 11 is 0. The van der Waals surface area contributed by atoms with Crippen molar-refractivity contribution in [1.29, 1.82) is 0 Å². The van der Waals surface area contributed by atoms with Crippen molar-refractivity contribution in [3.63, 3.8) is 0 Å². The molecule has 0 saturated carbocycles. The van der Waals surface area contributed by atoms with Crippen LogP contribution >= 0.6 is 0 Å². The zero-order valence-electron chi connectivity index (χ0n) is 16.6. The van der Waals surface area contributed by atoms with Crippen LogP contribution in [0.4, 0.5) is 4.79 Å². The lowest BCUT2D eigenvalue weighted by atomic mass is 9.94. The van der Waals surface area contributed by atoms with Crippen LogP contribution in [-0.4, -0.2) is 49.7 Å². The summed E-state index contributed by atoms with van der Waals surface area (Å²) in [6.07, 6.45) is 3.50. The molecule has 2 aliphatic heterocycles. The fourth-order valence-corrected chi connectivity index (χ4v) is 3.71. The van der Waals surface area contributed by atoms with E-state index < -0.39 is 12.0 Å². The molecule has 3 rings (SSSR count). The van der Waals surface area contributed by atoms with E-state index in [1.165, 1.54) is 6.42 Å². The van der Waals surface area contributed by atoms with Gasteiger partial charge in [0.05, 0.1) is 24.8 Å². The first-order valence-electron chi connectivity index (χ1n) is 10.0. The number of ether oxygens (including phenoxy) is 2. The number of amides is 2. The third-order valence-corrected chi connectivity index (χ3v) is 5.00. The lowest BCUT2D eigenvalue weighted by Gasteiger charge is -2.33. The fraction of sp³-hybridized carbons (Fsp3) is 0.524. The number of hydrogen-bond donors (Lipinski definition) is 2. The van der Waals surface area contributed by atoms with Gasteiger partial charge in [-0.25, -0.2) is 9.59 Å². The molecule has 7 nitrogen and oxygen atoms in total. The van der Waals surface area contributed by atoms with E-state index in [0.29, 0.717) is 24.4 Å². The maximum Gasteiger partial charge on any atom is 0.338 e. The smallest absolute Gasteiger partial charge is 0.338 e. The summed E-state index contributed by atoms with van der Waals surface area (Å²) in [5, 5.41) is 5.72. The van der Waals surface area contributed by atoms with E-state index in [2.05, 4.69) is 15.5 Å². The van der Waals surface area contributed by atoms with Crippen LogP contribution < -0.4 is 15.4 Å². The van der Waals surface area contributed by atoms with Crippen LogP contribution in [0.25, 0.3) is 0 Å². The summed E-state index contributed by atoms with van der Waals surface area (Å²) in [4.78, 5) is 27.4. The van der Waals surface area contributed by atoms with Crippen molar-refractivity contribution >= 4 is 12.0 Å². The molecule has 7 heteroatoms. The molecule has 0 radical (unpaired) electrons. The Balaban J connectivity index is 1.93. The monoisotopic (exact) mass is 387 g/mol. The molecule has 2 heterocycles. The molecule has 0 spiro atoms. The zero-order valence-corrected chi connectivity index (χ0v) is 16.6. The number of rotatable bonds is 7. The van der Waals surface area contributed by atoms with E-state index in [1.807, 2.05) is 31.2 Å². The van der Waals surface area contributed by atoms with Crippen LogP contribution in [0.2, 0.25) is 0 Å². The second-order valence-corrected chi connectivity index (χ2v) is 6.98. The predicted molar refractivity (Wildman–Crippen MR) is 106 cm³/mol. The van der Waals surface area contributed by atoms with E-state index >= 15 is 0 Å². The number of nitrogens with one attached hydrogen (secondary N) is 2. The van der Waals surface area contributed by atoms with Gasteiger partial charge in [0.1, 0.15) is 5.75 Å². The van der Waals surface area contributed by atoms with Gasteiger partial charge in [-0.05, 0) is 57.5 Å². The van der Waals surface area contributed by atoms with Gasteiger partial charge in [-0.15, -0.1) is 0 Å². The molecule has 1 saturated heterocycles. The molecule has 28 heavy (non-hydrogen) atoms. The lowest BCUT2D eigenvalue weighted by Crippen LogP contribution is -2.49. The van der Waals surface area contributed by atoms with Crippen molar-refractivity contribution < 1.29 is 19.1 Å². The Kier molecular flexibility index (Phi) is 6.92. The van der Waals surface area contributed by atoms with Gasteiger partial charge in [-0.3, -0.25) is 4.90 Å². The van der Waals surface area contributed by atoms with E-state index in [1.54, 1.807) is 6.92 Å². The number of esters is 1. The van der Waals surface area contributed by atoms with Crippen molar-refractivity contribution in [2.45, 2.75) is 39.2 Å². The van der Waals surface area contributed by atoms with Crippen molar-refractivity contribution in [3.8, 4) is 5.75 Å². The van der Waals surface area contributed by atoms with Crippen LogP contribution in [0.3, 0.4) is 0 Å². The first-order chi connectivity index (χ1) is 13.6. The Labute approximate surface area is 166 Å². The molecule has 152 valence electrons. The highest BCUT2D eigenvalue weighted by molar-refractivity contribution is 5.95. The number of likely N-dealkylation sites (tertiary alicyclic amines) is 1. The molecule has 1 fully saturated rings. The number of carbonyl (C=O) groups excluding carboxylic acids is 2. The molecular formula is C21H29N3O4. The minimum atomic E-state index is -0.553. The number of benzene rings is 1. The highest BCUT2D eigenvalue weighted by Gasteiger charge is 2.34. The summed E-state index contributed by atoms with van der Waals surface area (Å²) in [6.45, 7) is 7.04. The van der Waals surface area contributed by atoms with Gasteiger partial charge < -0.3 is 20.1 Å². The van der Waals surface area contributed by atoms with Gasteiger partial charge in [0, 0.05) is 12.2 Å². The Morgan fingerprint density at radius 1 is 1.11 bits per heavy atom. The Hall–Kier alpha value is -2.54. The number of nitrogens with zero attached hydrogens (tertiary/aromatic N) is 1. The van der Waals surface area contributed by atoms with Crippen molar-refractivity contribution in [2.24, 2.45) is 0 Å².